The van der Waals surface area contributed by atoms with Gasteiger partial charge in [-0.2, -0.15) is 0 Å². The third kappa shape index (κ3) is 4.74. The summed E-state index contributed by atoms with van der Waals surface area (Å²) in [6, 6.07) is 22.4. The molecule has 166 valence electrons. The number of carbonyl (C=O) groups is 1. The fraction of sp³-hybridized carbons (Fsp3) is 0.120. The summed E-state index contributed by atoms with van der Waals surface area (Å²) in [7, 11) is 0. The molecule has 0 saturated heterocycles. The summed E-state index contributed by atoms with van der Waals surface area (Å²) in [5.74, 6) is -0.568. The van der Waals surface area contributed by atoms with Gasteiger partial charge in [-0.25, -0.2) is 0 Å². The van der Waals surface area contributed by atoms with Crippen molar-refractivity contribution < 1.29 is 9.72 Å². The molecule has 0 aliphatic rings. The van der Waals surface area contributed by atoms with E-state index in [9.17, 15) is 19.7 Å². The second kappa shape index (κ2) is 9.35. The fourth-order valence-electron chi connectivity index (χ4n) is 3.73. The quantitative estimate of drug-likeness (QED) is 0.258. The highest BCUT2D eigenvalue weighted by molar-refractivity contribution is 5.99. The van der Waals surface area contributed by atoms with Crippen LogP contribution in [0.25, 0.3) is 10.9 Å². The van der Waals surface area contributed by atoms with Crippen LogP contribution in [0.5, 0.6) is 0 Å². The maximum Gasteiger partial charge on any atom is 0.278 e. The molecule has 8 nitrogen and oxygen atoms in total. The Morgan fingerprint density at radius 1 is 0.970 bits per heavy atom. The number of nitro groups is 1. The molecule has 1 amide bonds. The number of hydrogen-bond donors (Lipinski definition) is 2. The molecule has 4 rings (SSSR count). The molecule has 3 N–H and O–H groups in total. The van der Waals surface area contributed by atoms with Crippen molar-refractivity contribution in [3.8, 4) is 0 Å². The third-order valence-corrected chi connectivity index (χ3v) is 5.42. The minimum atomic E-state index is -0.568. The molecule has 3 aromatic carbocycles. The lowest BCUT2D eigenvalue weighted by Crippen LogP contribution is -2.34. The highest BCUT2D eigenvalue weighted by Crippen LogP contribution is 2.26. The zero-order valence-corrected chi connectivity index (χ0v) is 17.7. The predicted molar refractivity (Wildman–Crippen MR) is 127 cm³/mol. The van der Waals surface area contributed by atoms with Crippen LogP contribution in [0, 0.1) is 10.1 Å². The van der Waals surface area contributed by atoms with Crippen LogP contribution >= 0.6 is 0 Å². The molecule has 4 aromatic rings. The number of anilines is 1. The van der Waals surface area contributed by atoms with Gasteiger partial charge in [0.05, 0.1) is 22.4 Å². The molecule has 0 aliphatic carbocycles. The number of nitrogens with one attached hydrogen (secondary N) is 1. The van der Waals surface area contributed by atoms with Gasteiger partial charge in [0.25, 0.3) is 17.2 Å². The predicted octanol–water partition coefficient (Wildman–Crippen LogP) is 3.51. The summed E-state index contributed by atoms with van der Waals surface area (Å²) < 4.78 is 1.39. The largest absolute Gasteiger partial charge is 0.399 e. The van der Waals surface area contributed by atoms with Crippen molar-refractivity contribution in [1.82, 2.24) is 9.88 Å². The normalized spacial score (nSPS) is 10.8. The summed E-state index contributed by atoms with van der Waals surface area (Å²) in [4.78, 5) is 37.3. The van der Waals surface area contributed by atoms with Gasteiger partial charge in [-0.1, -0.05) is 48.5 Å². The molecule has 1 aromatic heterocycles. The van der Waals surface area contributed by atoms with Crippen molar-refractivity contribution in [1.29, 1.82) is 0 Å². The molecule has 0 aliphatic heterocycles. The minimum absolute atomic E-state index is 0.139. The number of nitrogens with two attached hydrogens (primary N) is 1. The summed E-state index contributed by atoms with van der Waals surface area (Å²) in [5.41, 5.74) is 7.72. The van der Waals surface area contributed by atoms with Crippen LogP contribution in [0.2, 0.25) is 0 Å². The summed E-state index contributed by atoms with van der Waals surface area (Å²) in [5, 5.41) is 14.6. The van der Waals surface area contributed by atoms with E-state index in [2.05, 4.69) is 5.32 Å². The maximum absolute atomic E-state index is 13.3. The molecule has 0 atom stereocenters. The van der Waals surface area contributed by atoms with Crippen LogP contribution in [-0.4, -0.2) is 21.9 Å². The Hall–Kier alpha value is -4.46. The first-order valence-corrected chi connectivity index (χ1v) is 10.4. The molecule has 1 heterocycles. The number of fused-ring (bicyclic) bond motifs is 1. The van der Waals surface area contributed by atoms with Gasteiger partial charge in [0.1, 0.15) is 5.56 Å². The van der Waals surface area contributed by atoms with E-state index in [-0.39, 0.29) is 23.2 Å². The van der Waals surface area contributed by atoms with Gasteiger partial charge < -0.3 is 15.6 Å². The fourth-order valence-corrected chi connectivity index (χ4v) is 3.73. The average Bonchev–Trinajstić information content (AvgIpc) is 2.82. The molecule has 0 unspecified atom stereocenters. The average molecular weight is 442 g/mol. The molecule has 0 saturated carbocycles. The van der Waals surface area contributed by atoms with Crippen molar-refractivity contribution >= 4 is 28.2 Å². The Kier molecular flexibility index (Phi) is 6.17. The second-order valence-corrected chi connectivity index (χ2v) is 7.65. The van der Waals surface area contributed by atoms with Crippen LogP contribution in [0.3, 0.4) is 0 Å². The molecule has 0 radical (unpaired) electrons. The number of carbonyl (C=O) groups excluding carboxylic acids is 1. The number of aromatic nitrogens is 1. The molecular formula is C25H22N4O4. The molecule has 0 bridgehead atoms. The van der Waals surface area contributed by atoms with Gasteiger partial charge in [0.2, 0.25) is 0 Å². The number of nitrogens with zero attached hydrogens (tertiary/aromatic N) is 2. The summed E-state index contributed by atoms with van der Waals surface area (Å²) in [6.07, 6.45) is 0.597. The Bertz CT molecular complexity index is 1380. The lowest BCUT2D eigenvalue weighted by Gasteiger charge is -2.14. The van der Waals surface area contributed by atoms with Gasteiger partial charge in [-0.3, -0.25) is 19.7 Å². The van der Waals surface area contributed by atoms with E-state index in [1.54, 1.807) is 30.3 Å². The van der Waals surface area contributed by atoms with Crippen molar-refractivity contribution in [3.63, 3.8) is 0 Å². The molecule has 0 fully saturated rings. The number of rotatable bonds is 7. The van der Waals surface area contributed by atoms with Gasteiger partial charge in [-0.15, -0.1) is 0 Å². The molecule has 33 heavy (non-hydrogen) atoms. The van der Waals surface area contributed by atoms with E-state index in [1.165, 1.54) is 22.8 Å². The zero-order chi connectivity index (χ0) is 23.4. The van der Waals surface area contributed by atoms with Crippen LogP contribution in [0.4, 0.5) is 11.4 Å². The number of nitrogen functional groups attached to an aromatic ring is 1. The van der Waals surface area contributed by atoms with E-state index >= 15 is 0 Å². The lowest BCUT2D eigenvalue weighted by molar-refractivity contribution is -0.383. The van der Waals surface area contributed by atoms with Gasteiger partial charge in [0, 0.05) is 18.3 Å². The standard InChI is InChI=1S/C25H22N4O4/c26-19-11-9-18(10-12-19)16-28-22-7-4-8-23(29(32)33)20(22)15-21(25(28)31)24(30)27-14-13-17-5-2-1-3-6-17/h1-12,15H,13-14,16,26H2,(H,27,30). The first kappa shape index (κ1) is 21.8. The SMILES string of the molecule is Nc1ccc(Cn2c(=O)c(C(=O)NCCc3ccccc3)cc3c([N+](=O)[O-])cccc32)cc1. The first-order valence-electron chi connectivity index (χ1n) is 10.4. The van der Waals surface area contributed by atoms with Crippen LogP contribution < -0.4 is 16.6 Å². The molecule has 0 spiro atoms. The van der Waals surface area contributed by atoms with Crippen LogP contribution in [0.15, 0.2) is 83.7 Å². The number of hydrogen-bond acceptors (Lipinski definition) is 5. The molecule has 8 heteroatoms. The Morgan fingerprint density at radius 3 is 2.39 bits per heavy atom. The van der Waals surface area contributed by atoms with Gasteiger partial charge >= 0.3 is 0 Å². The smallest absolute Gasteiger partial charge is 0.278 e. The van der Waals surface area contributed by atoms with Crippen molar-refractivity contribution in [2.75, 3.05) is 12.3 Å². The number of nitro benzene ring substituents is 1. The van der Waals surface area contributed by atoms with Gasteiger partial charge in [0.15, 0.2) is 0 Å². The number of amides is 1. The zero-order valence-electron chi connectivity index (χ0n) is 17.7. The highest BCUT2D eigenvalue weighted by Gasteiger charge is 2.21. The lowest BCUT2D eigenvalue weighted by atomic mass is 10.1. The first-order chi connectivity index (χ1) is 15.9. The van der Waals surface area contributed by atoms with Crippen molar-refractivity contribution in [3.05, 3.63) is 116 Å². The third-order valence-electron chi connectivity index (χ3n) is 5.42. The Balaban J connectivity index is 1.73. The Morgan fingerprint density at radius 2 is 1.70 bits per heavy atom. The Labute approximate surface area is 189 Å². The number of benzene rings is 3. The van der Waals surface area contributed by atoms with Crippen molar-refractivity contribution in [2.24, 2.45) is 0 Å². The highest BCUT2D eigenvalue weighted by atomic mass is 16.6. The minimum Gasteiger partial charge on any atom is -0.399 e. The van der Waals surface area contributed by atoms with E-state index < -0.39 is 16.4 Å². The van der Waals surface area contributed by atoms with Gasteiger partial charge in [-0.05, 0) is 41.8 Å². The number of non-ortho nitro benzene ring substituents is 1. The van der Waals surface area contributed by atoms with E-state index in [1.807, 2.05) is 30.3 Å². The maximum atomic E-state index is 13.3. The number of pyridine rings is 1. The van der Waals surface area contributed by atoms with Crippen molar-refractivity contribution in [2.45, 2.75) is 13.0 Å². The summed E-state index contributed by atoms with van der Waals surface area (Å²) >= 11 is 0. The van der Waals surface area contributed by atoms with Crippen LogP contribution in [0.1, 0.15) is 21.5 Å². The van der Waals surface area contributed by atoms with Crippen LogP contribution in [-0.2, 0) is 13.0 Å². The molecular weight excluding hydrogens is 420 g/mol. The monoisotopic (exact) mass is 442 g/mol. The second-order valence-electron chi connectivity index (χ2n) is 7.65. The van der Waals surface area contributed by atoms with E-state index in [0.29, 0.717) is 24.2 Å². The summed E-state index contributed by atoms with van der Waals surface area (Å²) in [6.45, 7) is 0.469. The topological polar surface area (TPSA) is 120 Å². The van der Waals surface area contributed by atoms with E-state index in [4.69, 9.17) is 5.73 Å². The van der Waals surface area contributed by atoms with E-state index in [0.717, 1.165) is 11.1 Å².